The minimum atomic E-state index is -0.939. The Morgan fingerprint density at radius 1 is 1.17 bits per heavy atom. The normalized spacial score (nSPS) is 14.3. The Morgan fingerprint density at radius 2 is 1.83 bits per heavy atom. The van der Waals surface area contributed by atoms with Crippen LogP contribution >= 0.6 is 0 Å². The van der Waals surface area contributed by atoms with Crippen LogP contribution in [-0.4, -0.2) is 40.6 Å². The number of aliphatic hydroxyl groups excluding tert-OH is 2. The molecule has 0 spiro atoms. The van der Waals surface area contributed by atoms with Gasteiger partial charge >= 0.3 is 5.97 Å². The van der Waals surface area contributed by atoms with E-state index in [2.05, 4.69) is 0 Å². The molecular formula is C18H28O5. The smallest absolute Gasteiger partial charge is 0.308 e. The maximum Gasteiger partial charge on any atom is 0.308 e. The Labute approximate surface area is 138 Å². The highest BCUT2D eigenvalue weighted by atomic mass is 16.6. The lowest BCUT2D eigenvalue weighted by Gasteiger charge is -2.24. The zero-order valence-corrected chi connectivity index (χ0v) is 14.2. The van der Waals surface area contributed by atoms with Gasteiger partial charge in [0.25, 0.3) is 0 Å². The van der Waals surface area contributed by atoms with E-state index >= 15 is 0 Å². The average Bonchev–Trinajstić information content (AvgIpc) is 2.47. The van der Waals surface area contributed by atoms with Crippen molar-refractivity contribution < 1.29 is 24.5 Å². The number of esters is 1. The Kier molecular flexibility index (Phi) is 8.23. The Bertz CT molecular complexity index is 458. The molecule has 0 aliphatic rings. The molecule has 0 heterocycles. The van der Waals surface area contributed by atoms with Crippen molar-refractivity contribution in [1.29, 1.82) is 0 Å². The third-order valence-electron chi connectivity index (χ3n) is 3.61. The highest BCUT2D eigenvalue weighted by Crippen LogP contribution is 2.16. The lowest BCUT2D eigenvalue weighted by Crippen LogP contribution is -2.30. The summed E-state index contributed by atoms with van der Waals surface area (Å²) in [5.74, 6) is -0.457. The second kappa shape index (κ2) is 9.65. The van der Waals surface area contributed by atoms with Crippen molar-refractivity contribution >= 4 is 5.97 Å². The summed E-state index contributed by atoms with van der Waals surface area (Å²) in [4.78, 5) is 11.7. The van der Waals surface area contributed by atoms with E-state index in [0.29, 0.717) is 13.0 Å². The zero-order valence-electron chi connectivity index (χ0n) is 14.2. The fourth-order valence-corrected chi connectivity index (χ4v) is 1.97. The van der Waals surface area contributed by atoms with E-state index in [-0.39, 0.29) is 19.4 Å². The van der Waals surface area contributed by atoms with E-state index in [4.69, 9.17) is 9.47 Å². The molecule has 1 aromatic rings. The van der Waals surface area contributed by atoms with Crippen LogP contribution in [0.25, 0.3) is 0 Å². The second-order valence-corrected chi connectivity index (χ2v) is 6.34. The number of hydrogen-bond donors (Lipinski definition) is 2. The molecule has 0 saturated carbocycles. The Balaban J connectivity index is 2.22. The predicted octanol–water partition coefficient (Wildman–Crippen LogP) is 2.44. The molecule has 0 saturated heterocycles. The van der Waals surface area contributed by atoms with E-state index in [1.54, 1.807) is 0 Å². The molecule has 1 rings (SSSR count). The number of carbonyl (C=O) groups excluding carboxylic acids is 1. The summed E-state index contributed by atoms with van der Waals surface area (Å²) in [6.45, 7) is 6.09. The molecule has 2 N–H and O–H groups in total. The van der Waals surface area contributed by atoms with Crippen LogP contribution in [0.15, 0.2) is 30.3 Å². The van der Waals surface area contributed by atoms with Crippen LogP contribution in [0.5, 0.6) is 0 Å². The number of benzene rings is 1. The molecule has 0 fully saturated rings. The molecule has 0 amide bonds. The topological polar surface area (TPSA) is 76.0 Å². The van der Waals surface area contributed by atoms with Crippen LogP contribution in [0.4, 0.5) is 0 Å². The van der Waals surface area contributed by atoms with Gasteiger partial charge in [0.2, 0.25) is 0 Å². The highest BCUT2D eigenvalue weighted by Gasteiger charge is 2.23. The number of rotatable bonds is 10. The van der Waals surface area contributed by atoms with Crippen molar-refractivity contribution in [3.63, 3.8) is 0 Å². The lowest BCUT2D eigenvalue weighted by atomic mass is 10.1. The third kappa shape index (κ3) is 8.69. The second-order valence-electron chi connectivity index (χ2n) is 6.34. The Morgan fingerprint density at radius 3 is 2.43 bits per heavy atom. The standard InChI is InChI=1S/C18H28O5/c1-4-18(2,3)23-17(21)11-15(19)10-16(20)13-22-12-14-8-6-5-7-9-14/h5-9,15-16,19-20H,4,10-13H2,1-3H3/t15-,16+/m1/s1. The summed E-state index contributed by atoms with van der Waals surface area (Å²) in [5.41, 5.74) is 0.486. The van der Waals surface area contributed by atoms with E-state index in [1.807, 2.05) is 51.1 Å². The van der Waals surface area contributed by atoms with Gasteiger partial charge in [-0.05, 0) is 25.8 Å². The maximum atomic E-state index is 11.7. The van der Waals surface area contributed by atoms with Crippen LogP contribution in [0.3, 0.4) is 0 Å². The number of ether oxygens (including phenoxy) is 2. The molecule has 0 unspecified atom stereocenters. The summed E-state index contributed by atoms with van der Waals surface area (Å²) in [7, 11) is 0. The van der Waals surface area contributed by atoms with Crippen LogP contribution in [-0.2, 0) is 20.9 Å². The minimum Gasteiger partial charge on any atom is -0.460 e. The third-order valence-corrected chi connectivity index (χ3v) is 3.61. The first-order valence-electron chi connectivity index (χ1n) is 8.02. The number of hydrogen-bond acceptors (Lipinski definition) is 5. The highest BCUT2D eigenvalue weighted by molar-refractivity contribution is 5.70. The van der Waals surface area contributed by atoms with Crippen LogP contribution in [0, 0.1) is 0 Å². The first-order valence-corrected chi connectivity index (χ1v) is 8.02. The molecule has 0 aromatic heterocycles. The van der Waals surface area contributed by atoms with Crippen molar-refractivity contribution in [2.24, 2.45) is 0 Å². The molecule has 23 heavy (non-hydrogen) atoms. The van der Waals surface area contributed by atoms with Crippen LogP contribution in [0.2, 0.25) is 0 Å². The summed E-state index contributed by atoms with van der Waals surface area (Å²) in [6.07, 6.45) is -1.10. The molecule has 0 aliphatic carbocycles. The minimum absolute atomic E-state index is 0.0798. The molecule has 130 valence electrons. The average molecular weight is 324 g/mol. The summed E-state index contributed by atoms with van der Waals surface area (Å²) in [6, 6.07) is 9.64. The van der Waals surface area contributed by atoms with Gasteiger partial charge in [0.15, 0.2) is 0 Å². The molecule has 0 aliphatic heterocycles. The van der Waals surface area contributed by atoms with Gasteiger partial charge in [-0.3, -0.25) is 4.79 Å². The summed E-state index contributed by atoms with van der Waals surface area (Å²) >= 11 is 0. The molecule has 2 atom stereocenters. The monoisotopic (exact) mass is 324 g/mol. The van der Waals surface area contributed by atoms with Crippen LogP contribution in [0.1, 0.15) is 45.6 Å². The van der Waals surface area contributed by atoms with Gasteiger partial charge in [-0.25, -0.2) is 0 Å². The van der Waals surface area contributed by atoms with Gasteiger partial charge in [0, 0.05) is 6.42 Å². The molecular weight excluding hydrogens is 296 g/mol. The quantitative estimate of drug-likeness (QED) is 0.647. The predicted molar refractivity (Wildman–Crippen MR) is 87.8 cm³/mol. The largest absolute Gasteiger partial charge is 0.460 e. The molecule has 0 radical (unpaired) electrons. The van der Waals surface area contributed by atoms with Gasteiger partial charge in [-0.2, -0.15) is 0 Å². The van der Waals surface area contributed by atoms with Gasteiger partial charge in [0.1, 0.15) is 5.60 Å². The molecule has 5 heteroatoms. The number of aliphatic hydroxyl groups is 2. The van der Waals surface area contributed by atoms with Crippen molar-refractivity contribution in [2.45, 2.75) is 64.4 Å². The zero-order chi connectivity index (χ0) is 17.3. The first kappa shape index (κ1) is 19.6. The van der Waals surface area contributed by atoms with Gasteiger partial charge in [0.05, 0.1) is 31.8 Å². The molecule has 1 aromatic carbocycles. The number of carbonyl (C=O) groups is 1. The molecule has 5 nitrogen and oxygen atoms in total. The van der Waals surface area contributed by atoms with E-state index in [0.717, 1.165) is 5.56 Å². The van der Waals surface area contributed by atoms with Crippen molar-refractivity contribution in [3.05, 3.63) is 35.9 Å². The maximum absolute atomic E-state index is 11.7. The summed E-state index contributed by atoms with van der Waals surface area (Å²) in [5, 5.41) is 19.7. The fraction of sp³-hybridized carbons (Fsp3) is 0.611. The van der Waals surface area contributed by atoms with E-state index in [9.17, 15) is 15.0 Å². The summed E-state index contributed by atoms with van der Waals surface area (Å²) < 4.78 is 10.7. The van der Waals surface area contributed by atoms with Crippen molar-refractivity contribution in [2.75, 3.05) is 6.61 Å². The van der Waals surface area contributed by atoms with E-state index < -0.39 is 23.8 Å². The molecule has 0 bridgehead atoms. The van der Waals surface area contributed by atoms with Crippen LogP contribution < -0.4 is 0 Å². The SMILES string of the molecule is CCC(C)(C)OC(=O)C[C@H](O)C[C@H](O)COCc1ccccc1. The van der Waals surface area contributed by atoms with Crippen molar-refractivity contribution in [3.8, 4) is 0 Å². The first-order chi connectivity index (χ1) is 10.8. The van der Waals surface area contributed by atoms with Gasteiger partial charge in [-0.15, -0.1) is 0 Å². The van der Waals surface area contributed by atoms with E-state index in [1.165, 1.54) is 0 Å². The van der Waals surface area contributed by atoms with Gasteiger partial charge < -0.3 is 19.7 Å². The van der Waals surface area contributed by atoms with Crippen molar-refractivity contribution in [1.82, 2.24) is 0 Å². The Hall–Kier alpha value is -1.43. The lowest BCUT2D eigenvalue weighted by molar-refractivity contribution is -0.159. The fourth-order valence-electron chi connectivity index (χ4n) is 1.97. The van der Waals surface area contributed by atoms with Gasteiger partial charge in [-0.1, -0.05) is 37.3 Å².